The van der Waals surface area contributed by atoms with Crippen molar-refractivity contribution in [2.24, 2.45) is 7.05 Å². The van der Waals surface area contributed by atoms with Gasteiger partial charge in [-0.05, 0) is 11.4 Å². The molecule has 1 N–H and O–H groups in total. The topological polar surface area (TPSA) is 54.9 Å². The summed E-state index contributed by atoms with van der Waals surface area (Å²) < 4.78 is 1.28. The van der Waals surface area contributed by atoms with Gasteiger partial charge in [0.05, 0.1) is 4.88 Å². The van der Waals surface area contributed by atoms with Crippen molar-refractivity contribution in [3.05, 3.63) is 44.5 Å². The number of hydrogen-bond acceptors (Lipinski definition) is 3. The van der Waals surface area contributed by atoms with E-state index in [2.05, 4.69) is 5.10 Å². The van der Waals surface area contributed by atoms with Crippen LogP contribution in [0, 0.1) is 0 Å². The lowest BCUT2D eigenvalue weighted by atomic mass is 10.2. The lowest BCUT2D eigenvalue weighted by Gasteiger charge is -1.92. The predicted molar refractivity (Wildman–Crippen MR) is 53.8 cm³/mol. The molecule has 0 saturated heterocycles. The fourth-order valence-electron chi connectivity index (χ4n) is 1.15. The Morgan fingerprint density at radius 3 is 2.86 bits per heavy atom. The highest BCUT2D eigenvalue weighted by molar-refractivity contribution is 7.12. The molecule has 0 aromatic carbocycles. The molecule has 0 saturated carbocycles. The average Bonchev–Trinajstić information content (AvgIpc) is 2.76. The molecule has 2 rings (SSSR count). The summed E-state index contributed by atoms with van der Waals surface area (Å²) in [7, 11) is 1.58. The first-order chi connectivity index (χ1) is 6.68. The highest BCUT2D eigenvalue weighted by Crippen LogP contribution is 2.12. The molecule has 0 atom stereocenters. The van der Waals surface area contributed by atoms with Crippen molar-refractivity contribution in [3.63, 3.8) is 0 Å². The number of hydrogen-bond donors (Lipinski definition) is 1. The van der Waals surface area contributed by atoms with Crippen molar-refractivity contribution in [1.82, 2.24) is 9.78 Å². The van der Waals surface area contributed by atoms with Gasteiger partial charge >= 0.3 is 0 Å². The van der Waals surface area contributed by atoms with Crippen LogP contribution >= 0.6 is 11.3 Å². The number of aromatic nitrogens is 2. The van der Waals surface area contributed by atoms with Crippen molar-refractivity contribution in [1.29, 1.82) is 0 Å². The van der Waals surface area contributed by atoms with Gasteiger partial charge in [-0.25, -0.2) is 0 Å². The number of nitrogens with one attached hydrogen (secondary N) is 1. The first-order valence-corrected chi connectivity index (χ1v) is 4.90. The van der Waals surface area contributed by atoms with Crippen LogP contribution in [0.4, 0.5) is 0 Å². The molecule has 2 aromatic rings. The third kappa shape index (κ3) is 1.42. The molecular weight excluding hydrogens is 200 g/mol. The molecule has 0 spiro atoms. The lowest BCUT2D eigenvalue weighted by Crippen LogP contribution is -2.09. The number of thiophene rings is 1. The van der Waals surface area contributed by atoms with Crippen LogP contribution in [0.1, 0.15) is 15.4 Å². The molecule has 0 bridgehead atoms. The van der Waals surface area contributed by atoms with E-state index in [1.54, 1.807) is 19.2 Å². The average molecular weight is 208 g/mol. The second-order valence-corrected chi connectivity index (χ2v) is 3.82. The van der Waals surface area contributed by atoms with Crippen molar-refractivity contribution >= 4 is 17.1 Å². The van der Waals surface area contributed by atoms with Crippen molar-refractivity contribution in [2.75, 3.05) is 0 Å². The molecule has 2 aromatic heterocycles. The largest absolute Gasteiger partial charge is 0.292 e. The van der Waals surface area contributed by atoms with E-state index in [0.29, 0.717) is 10.6 Å². The molecule has 0 aliphatic rings. The second kappa shape index (κ2) is 3.26. The van der Waals surface area contributed by atoms with Crippen LogP contribution in [0.5, 0.6) is 0 Å². The summed E-state index contributed by atoms with van der Waals surface area (Å²) in [6, 6.07) is 4.85. The minimum atomic E-state index is -0.204. The summed E-state index contributed by atoms with van der Waals surface area (Å²) in [4.78, 5) is 23.4. The molecule has 4 nitrogen and oxygen atoms in total. The van der Waals surface area contributed by atoms with Gasteiger partial charge in [0.2, 0.25) is 5.78 Å². The van der Waals surface area contributed by atoms with E-state index in [9.17, 15) is 9.59 Å². The van der Waals surface area contributed by atoms with E-state index in [1.165, 1.54) is 22.1 Å². The van der Waals surface area contributed by atoms with Crippen LogP contribution in [0.15, 0.2) is 28.4 Å². The third-order valence-electron chi connectivity index (χ3n) is 1.88. The Kier molecular flexibility index (Phi) is 2.09. The Morgan fingerprint density at radius 1 is 1.57 bits per heavy atom. The monoisotopic (exact) mass is 208 g/mol. The highest BCUT2D eigenvalue weighted by Gasteiger charge is 2.12. The molecule has 0 amide bonds. The quantitative estimate of drug-likeness (QED) is 0.749. The van der Waals surface area contributed by atoms with Crippen LogP contribution < -0.4 is 5.56 Å². The zero-order valence-corrected chi connectivity index (χ0v) is 8.30. The molecule has 72 valence electrons. The number of aryl methyl sites for hydroxylation is 1. The van der Waals surface area contributed by atoms with Crippen molar-refractivity contribution in [2.45, 2.75) is 0 Å². The number of aromatic amines is 1. The van der Waals surface area contributed by atoms with Gasteiger partial charge in [-0.1, -0.05) is 6.07 Å². The van der Waals surface area contributed by atoms with Gasteiger partial charge in [0.15, 0.2) is 0 Å². The zero-order chi connectivity index (χ0) is 10.1. The van der Waals surface area contributed by atoms with Gasteiger partial charge in [-0.2, -0.15) is 0 Å². The van der Waals surface area contributed by atoms with Gasteiger partial charge in [-0.15, -0.1) is 11.3 Å². The van der Waals surface area contributed by atoms with E-state index in [-0.39, 0.29) is 11.3 Å². The molecule has 0 radical (unpaired) electrons. The first kappa shape index (κ1) is 8.96. The van der Waals surface area contributed by atoms with E-state index in [0.717, 1.165) is 0 Å². The van der Waals surface area contributed by atoms with E-state index < -0.39 is 0 Å². The van der Waals surface area contributed by atoms with Crippen LogP contribution in [0.25, 0.3) is 0 Å². The molecule has 0 unspecified atom stereocenters. The minimum Gasteiger partial charge on any atom is -0.292 e. The number of carbonyl (C=O) groups is 1. The van der Waals surface area contributed by atoms with Gasteiger partial charge < -0.3 is 0 Å². The zero-order valence-electron chi connectivity index (χ0n) is 7.48. The Bertz CT molecular complexity index is 507. The highest BCUT2D eigenvalue weighted by atomic mass is 32.1. The van der Waals surface area contributed by atoms with Crippen LogP contribution in [0.3, 0.4) is 0 Å². The minimum absolute atomic E-state index is 0.141. The maximum atomic E-state index is 11.7. The lowest BCUT2D eigenvalue weighted by molar-refractivity contribution is 0.103. The van der Waals surface area contributed by atoms with Crippen molar-refractivity contribution < 1.29 is 4.79 Å². The summed E-state index contributed by atoms with van der Waals surface area (Å²) in [5, 5.41) is 4.52. The number of ketones is 1. The molecule has 0 aliphatic heterocycles. The van der Waals surface area contributed by atoms with Gasteiger partial charge in [0.25, 0.3) is 5.56 Å². The summed E-state index contributed by atoms with van der Waals surface area (Å²) in [6.07, 6.45) is 0. The maximum absolute atomic E-state index is 11.7. The molecule has 0 fully saturated rings. The maximum Gasteiger partial charge on any atom is 0.266 e. The first-order valence-electron chi connectivity index (χ1n) is 4.03. The predicted octanol–water partition coefficient (Wildman–Crippen LogP) is 1.01. The van der Waals surface area contributed by atoms with Gasteiger partial charge in [-0.3, -0.25) is 19.4 Å². The molecule has 2 heterocycles. The standard InChI is InChI=1S/C9H8N2O2S/c1-11-8(12)5-6(10-11)9(13)7-3-2-4-14-7/h2-5,10H,1H3. The smallest absolute Gasteiger partial charge is 0.266 e. The fraction of sp³-hybridized carbons (Fsp3) is 0.111. The molecule has 14 heavy (non-hydrogen) atoms. The third-order valence-corrected chi connectivity index (χ3v) is 2.74. The SMILES string of the molecule is Cn1[nH]c(C(=O)c2cccs2)cc1=O. The summed E-state index contributed by atoms with van der Waals surface area (Å²) >= 11 is 1.36. The number of rotatable bonds is 2. The molecule has 0 aliphatic carbocycles. The van der Waals surface area contributed by atoms with Gasteiger partial charge in [0, 0.05) is 13.1 Å². The number of carbonyl (C=O) groups excluding carboxylic acids is 1. The Balaban J connectivity index is 2.42. The molecule has 5 heteroatoms. The Morgan fingerprint density at radius 2 is 2.36 bits per heavy atom. The number of nitrogens with zero attached hydrogens (tertiary/aromatic N) is 1. The normalized spacial score (nSPS) is 10.4. The van der Waals surface area contributed by atoms with Crippen LogP contribution in [-0.4, -0.2) is 15.6 Å². The number of H-pyrrole nitrogens is 1. The second-order valence-electron chi connectivity index (χ2n) is 2.87. The Hall–Kier alpha value is -1.62. The van der Waals surface area contributed by atoms with E-state index in [1.807, 2.05) is 5.38 Å². The van der Waals surface area contributed by atoms with Crippen molar-refractivity contribution in [3.8, 4) is 0 Å². The van der Waals surface area contributed by atoms with E-state index in [4.69, 9.17) is 0 Å². The van der Waals surface area contributed by atoms with E-state index >= 15 is 0 Å². The Labute approximate surface area is 83.8 Å². The summed E-state index contributed by atoms with van der Waals surface area (Å²) in [6.45, 7) is 0. The summed E-state index contributed by atoms with van der Waals surface area (Å²) in [5.74, 6) is -0.141. The fourth-order valence-corrected chi connectivity index (χ4v) is 1.82. The van der Waals surface area contributed by atoms with Gasteiger partial charge in [0.1, 0.15) is 5.69 Å². The summed E-state index contributed by atoms with van der Waals surface area (Å²) in [5.41, 5.74) is 0.129. The van der Waals surface area contributed by atoms with Crippen LogP contribution in [0.2, 0.25) is 0 Å². The molecular formula is C9H8N2O2S. The van der Waals surface area contributed by atoms with Crippen LogP contribution in [-0.2, 0) is 7.05 Å².